The zero-order valence-electron chi connectivity index (χ0n) is 8.69. The summed E-state index contributed by atoms with van der Waals surface area (Å²) >= 11 is 1.46. The predicted octanol–water partition coefficient (Wildman–Crippen LogP) is 2.83. The van der Waals surface area contributed by atoms with Gasteiger partial charge in [-0.1, -0.05) is 6.92 Å². The smallest absolute Gasteiger partial charge is 0.373 e. The minimum Gasteiger partial charge on any atom is -0.475 e. The first-order valence-electron chi connectivity index (χ1n) is 4.81. The van der Waals surface area contributed by atoms with Crippen LogP contribution >= 0.6 is 11.8 Å². The third-order valence-electron chi connectivity index (χ3n) is 2.15. The van der Waals surface area contributed by atoms with Gasteiger partial charge in [-0.2, -0.15) is 0 Å². The Bertz CT molecular complexity index is 547. The van der Waals surface area contributed by atoms with Crippen molar-refractivity contribution < 1.29 is 14.3 Å². The number of nitrogen functional groups attached to an aromatic ring is 1. The third kappa shape index (κ3) is 1.74. The maximum absolute atomic E-state index is 11.0. The summed E-state index contributed by atoms with van der Waals surface area (Å²) in [4.78, 5) is 11.7. The molecular weight excluding hydrogens is 226 g/mol. The van der Waals surface area contributed by atoms with Gasteiger partial charge >= 0.3 is 5.97 Å². The number of thioether (sulfide) groups is 1. The molecule has 3 N–H and O–H groups in total. The lowest BCUT2D eigenvalue weighted by atomic mass is 10.2. The Morgan fingerprint density at radius 2 is 2.31 bits per heavy atom. The number of hydrogen-bond acceptors (Lipinski definition) is 4. The molecule has 1 aromatic heterocycles. The number of aromatic carboxylic acids is 1. The summed E-state index contributed by atoms with van der Waals surface area (Å²) in [5, 5.41) is 9.83. The highest BCUT2D eigenvalue weighted by Gasteiger charge is 2.19. The van der Waals surface area contributed by atoms with Gasteiger partial charge in [0.15, 0.2) is 0 Å². The third-order valence-corrected chi connectivity index (χ3v) is 3.13. The van der Waals surface area contributed by atoms with Gasteiger partial charge in [-0.3, -0.25) is 0 Å². The molecule has 5 heteroatoms. The Labute approximate surface area is 96.4 Å². The van der Waals surface area contributed by atoms with E-state index in [1.165, 1.54) is 11.8 Å². The van der Waals surface area contributed by atoms with E-state index in [0.717, 1.165) is 11.1 Å². The molecule has 0 aliphatic heterocycles. The summed E-state index contributed by atoms with van der Waals surface area (Å²) in [7, 11) is 0. The first kappa shape index (κ1) is 10.9. The summed E-state index contributed by atoms with van der Waals surface area (Å²) in [5.41, 5.74) is 6.70. The lowest BCUT2D eigenvalue weighted by Gasteiger charge is -1.96. The van der Waals surface area contributed by atoms with Crippen LogP contribution in [0.5, 0.6) is 0 Å². The number of fused-ring (bicyclic) bond motifs is 1. The van der Waals surface area contributed by atoms with Crippen LogP contribution in [0.25, 0.3) is 11.0 Å². The topological polar surface area (TPSA) is 76.5 Å². The van der Waals surface area contributed by atoms with Crippen molar-refractivity contribution in [3.05, 3.63) is 24.0 Å². The number of carboxylic acids is 1. The molecule has 0 spiro atoms. The number of nitrogens with two attached hydrogens (primary N) is 1. The molecule has 1 heterocycles. The van der Waals surface area contributed by atoms with Crippen molar-refractivity contribution >= 4 is 34.4 Å². The number of benzene rings is 1. The SMILES string of the molecule is CCSc1c(C(=O)O)oc2cc(N)ccc12. The van der Waals surface area contributed by atoms with Crippen LogP contribution in [0.4, 0.5) is 5.69 Å². The first-order chi connectivity index (χ1) is 7.63. The lowest BCUT2D eigenvalue weighted by Crippen LogP contribution is -1.95. The summed E-state index contributed by atoms with van der Waals surface area (Å²) in [6, 6.07) is 5.17. The molecular formula is C11H11NO3S. The van der Waals surface area contributed by atoms with Crippen LogP contribution in [0.3, 0.4) is 0 Å². The fourth-order valence-electron chi connectivity index (χ4n) is 1.52. The predicted molar refractivity (Wildman–Crippen MR) is 64.0 cm³/mol. The molecule has 84 valence electrons. The summed E-state index contributed by atoms with van der Waals surface area (Å²) in [6.07, 6.45) is 0. The molecule has 2 aromatic rings. The Kier molecular flexibility index (Phi) is 2.78. The van der Waals surface area contributed by atoms with Gasteiger partial charge in [0, 0.05) is 17.1 Å². The molecule has 1 aromatic carbocycles. The van der Waals surface area contributed by atoms with Crippen LogP contribution in [-0.2, 0) is 0 Å². The van der Waals surface area contributed by atoms with Gasteiger partial charge in [-0.05, 0) is 17.9 Å². The molecule has 0 bridgehead atoms. The number of hydrogen-bond donors (Lipinski definition) is 2. The van der Waals surface area contributed by atoms with E-state index in [-0.39, 0.29) is 5.76 Å². The van der Waals surface area contributed by atoms with E-state index in [4.69, 9.17) is 15.3 Å². The number of carboxylic acid groups (broad SMARTS) is 1. The van der Waals surface area contributed by atoms with Gasteiger partial charge in [-0.25, -0.2) is 4.79 Å². The quantitative estimate of drug-likeness (QED) is 0.634. The highest BCUT2D eigenvalue weighted by atomic mass is 32.2. The molecule has 4 nitrogen and oxygen atoms in total. The molecule has 0 amide bonds. The molecule has 0 unspecified atom stereocenters. The van der Waals surface area contributed by atoms with Crippen LogP contribution in [0.15, 0.2) is 27.5 Å². The first-order valence-corrected chi connectivity index (χ1v) is 5.80. The molecule has 0 atom stereocenters. The van der Waals surface area contributed by atoms with Gasteiger partial charge in [0.05, 0.1) is 4.90 Å². The largest absolute Gasteiger partial charge is 0.475 e. The highest BCUT2D eigenvalue weighted by molar-refractivity contribution is 7.99. The van der Waals surface area contributed by atoms with Gasteiger partial charge in [0.2, 0.25) is 5.76 Å². The number of furan rings is 1. The molecule has 0 saturated heterocycles. The average Bonchev–Trinajstić information content (AvgIpc) is 2.57. The zero-order valence-corrected chi connectivity index (χ0v) is 9.50. The molecule has 0 fully saturated rings. The lowest BCUT2D eigenvalue weighted by molar-refractivity contribution is 0.0660. The van der Waals surface area contributed by atoms with Crippen molar-refractivity contribution in [3.63, 3.8) is 0 Å². The maximum Gasteiger partial charge on any atom is 0.373 e. The summed E-state index contributed by atoms with van der Waals surface area (Å²) in [5.74, 6) is -0.266. The zero-order chi connectivity index (χ0) is 11.7. The van der Waals surface area contributed by atoms with E-state index in [1.807, 2.05) is 6.92 Å². The standard InChI is InChI=1S/C11H11NO3S/c1-2-16-10-7-4-3-6(12)5-8(7)15-9(10)11(13)14/h3-5H,2,12H2,1H3,(H,13,14). The van der Waals surface area contributed by atoms with Crippen molar-refractivity contribution in [2.24, 2.45) is 0 Å². The number of anilines is 1. The van der Waals surface area contributed by atoms with Crippen LogP contribution < -0.4 is 5.73 Å². The molecule has 0 aliphatic rings. The van der Waals surface area contributed by atoms with Crippen LogP contribution in [0, 0.1) is 0 Å². The second-order valence-electron chi connectivity index (χ2n) is 3.25. The van der Waals surface area contributed by atoms with Gasteiger partial charge in [0.1, 0.15) is 5.58 Å². The van der Waals surface area contributed by atoms with Gasteiger partial charge < -0.3 is 15.3 Å². The van der Waals surface area contributed by atoms with Crippen molar-refractivity contribution in [2.75, 3.05) is 11.5 Å². The maximum atomic E-state index is 11.0. The Balaban J connectivity index is 2.70. The van der Waals surface area contributed by atoms with Crippen molar-refractivity contribution in [1.29, 1.82) is 0 Å². The van der Waals surface area contributed by atoms with E-state index in [9.17, 15) is 4.79 Å². The van der Waals surface area contributed by atoms with Gasteiger partial charge in [-0.15, -0.1) is 11.8 Å². The Morgan fingerprint density at radius 3 is 2.94 bits per heavy atom. The molecule has 16 heavy (non-hydrogen) atoms. The average molecular weight is 237 g/mol. The normalized spacial score (nSPS) is 10.8. The van der Waals surface area contributed by atoms with E-state index < -0.39 is 5.97 Å². The fraction of sp³-hybridized carbons (Fsp3) is 0.182. The minimum absolute atomic E-state index is 0.00699. The molecule has 2 rings (SSSR count). The van der Waals surface area contributed by atoms with E-state index in [2.05, 4.69) is 0 Å². The highest BCUT2D eigenvalue weighted by Crippen LogP contribution is 2.35. The van der Waals surface area contributed by atoms with E-state index in [0.29, 0.717) is 16.2 Å². The molecule has 0 aliphatic carbocycles. The fourth-order valence-corrected chi connectivity index (χ4v) is 2.39. The number of carbonyl (C=O) groups is 1. The summed E-state index contributed by atoms with van der Waals surface area (Å²) in [6.45, 7) is 1.96. The summed E-state index contributed by atoms with van der Waals surface area (Å²) < 4.78 is 5.29. The van der Waals surface area contributed by atoms with Crippen molar-refractivity contribution in [3.8, 4) is 0 Å². The minimum atomic E-state index is -1.05. The second-order valence-corrected chi connectivity index (χ2v) is 4.53. The van der Waals surface area contributed by atoms with Gasteiger partial charge in [0.25, 0.3) is 0 Å². The molecule has 0 saturated carbocycles. The Hall–Kier alpha value is -1.62. The van der Waals surface area contributed by atoms with E-state index in [1.54, 1.807) is 18.2 Å². The van der Waals surface area contributed by atoms with Crippen LogP contribution in [-0.4, -0.2) is 16.8 Å². The second kappa shape index (κ2) is 4.09. The monoisotopic (exact) mass is 237 g/mol. The van der Waals surface area contributed by atoms with E-state index >= 15 is 0 Å². The van der Waals surface area contributed by atoms with Crippen molar-refractivity contribution in [1.82, 2.24) is 0 Å². The van der Waals surface area contributed by atoms with Crippen LogP contribution in [0.2, 0.25) is 0 Å². The van der Waals surface area contributed by atoms with Crippen molar-refractivity contribution in [2.45, 2.75) is 11.8 Å². The molecule has 0 radical (unpaired) electrons. The Morgan fingerprint density at radius 1 is 1.56 bits per heavy atom. The number of rotatable bonds is 3. The van der Waals surface area contributed by atoms with Crippen LogP contribution in [0.1, 0.15) is 17.5 Å².